The summed E-state index contributed by atoms with van der Waals surface area (Å²) in [5, 5.41) is 9.76. The van der Waals surface area contributed by atoms with Crippen LogP contribution in [0.5, 0.6) is 0 Å². The van der Waals surface area contributed by atoms with E-state index in [9.17, 15) is 0 Å². The number of aliphatic hydroxyl groups is 1. The molecule has 1 N–H and O–H groups in total. The van der Waals surface area contributed by atoms with Crippen molar-refractivity contribution in [3.63, 3.8) is 0 Å². The molecular weight excluding hydrogens is 186 g/mol. The third kappa shape index (κ3) is 2.93. The smallest absolute Gasteiger partial charge is 0.205 e. The van der Waals surface area contributed by atoms with Gasteiger partial charge in [0, 0.05) is 24.6 Å². The minimum atomic E-state index is 0.165. The van der Waals surface area contributed by atoms with Gasteiger partial charge in [0.25, 0.3) is 0 Å². The molecule has 0 fully saturated rings. The fourth-order valence-electron chi connectivity index (χ4n) is 1.11. The maximum absolute atomic E-state index is 8.85. The van der Waals surface area contributed by atoms with Crippen LogP contribution in [-0.2, 0) is 0 Å². The predicted molar refractivity (Wildman–Crippen MR) is 54.2 cm³/mol. The number of nitrogens with zero attached hydrogens (tertiary/aromatic N) is 3. The van der Waals surface area contributed by atoms with Gasteiger partial charge in [-0.15, -0.1) is 0 Å². The van der Waals surface area contributed by atoms with Gasteiger partial charge in [-0.1, -0.05) is 6.92 Å². The van der Waals surface area contributed by atoms with Gasteiger partial charge in [-0.05, 0) is 13.3 Å². The molecule has 0 bridgehead atoms. The van der Waals surface area contributed by atoms with Crippen molar-refractivity contribution in [1.29, 1.82) is 0 Å². The molecule has 13 heavy (non-hydrogen) atoms. The average molecular weight is 201 g/mol. The Balaban J connectivity index is 2.63. The molecule has 0 aliphatic heterocycles. The highest BCUT2D eigenvalue weighted by molar-refractivity contribution is 7.09. The highest BCUT2D eigenvalue weighted by Crippen LogP contribution is 2.16. The molecule has 0 amide bonds. The van der Waals surface area contributed by atoms with Crippen molar-refractivity contribution >= 4 is 16.7 Å². The molecule has 0 saturated carbocycles. The number of rotatable bonds is 5. The van der Waals surface area contributed by atoms with Gasteiger partial charge in [0.05, 0.1) is 6.61 Å². The highest BCUT2D eigenvalue weighted by atomic mass is 32.1. The maximum atomic E-state index is 8.85. The van der Waals surface area contributed by atoms with Crippen LogP contribution in [-0.4, -0.2) is 34.2 Å². The zero-order chi connectivity index (χ0) is 9.68. The second-order valence-corrected chi connectivity index (χ2v) is 3.57. The minimum Gasteiger partial charge on any atom is -0.395 e. The van der Waals surface area contributed by atoms with E-state index < -0.39 is 0 Å². The zero-order valence-electron chi connectivity index (χ0n) is 8.03. The fourth-order valence-corrected chi connectivity index (χ4v) is 1.83. The first-order chi connectivity index (χ1) is 6.27. The van der Waals surface area contributed by atoms with Gasteiger partial charge in [-0.3, -0.25) is 0 Å². The molecule has 1 heterocycles. The lowest BCUT2D eigenvalue weighted by Crippen LogP contribution is -2.27. The Morgan fingerprint density at radius 2 is 2.23 bits per heavy atom. The Hall–Kier alpha value is -0.680. The fraction of sp³-hybridized carbons (Fsp3) is 0.750. The van der Waals surface area contributed by atoms with Crippen molar-refractivity contribution in [2.45, 2.75) is 20.3 Å². The Bertz CT molecular complexity index is 245. The summed E-state index contributed by atoms with van der Waals surface area (Å²) in [6.45, 7) is 5.72. The van der Waals surface area contributed by atoms with E-state index in [1.54, 1.807) is 0 Å². The number of aliphatic hydroxyl groups excluding tert-OH is 1. The SMILES string of the molecule is CCCN(CCO)c1nc(C)ns1. The van der Waals surface area contributed by atoms with E-state index in [2.05, 4.69) is 21.2 Å². The lowest BCUT2D eigenvalue weighted by Gasteiger charge is -2.18. The van der Waals surface area contributed by atoms with Crippen molar-refractivity contribution in [2.75, 3.05) is 24.6 Å². The molecule has 1 aromatic rings. The topological polar surface area (TPSA) is 49.2 Å². The van der Waals surface area contributed by atoms with Crippen molar-refractivity contribution < 1.29 is 5.11 Å². The van der Waals surface area contributed by atoms with Gasteiger partial charge in [0.15, 0.2) is 0 Å². The molecule has 0 saturated heterocycles. The summed E-state index contributed by atoms with van der Waals surface area (Å²) in [4.78, 5) is 6.33. The standard InChI is InChI=1S/C8H15N3OS/c1-3-4-11(5-6-12)8-9-7(2)10-13-8/h12H,3-6H2,1-2H3. The molecule has 74 valence electrons. The lowest BCUT2D eigenvalue weighted by atomic mass is 10.4. The van der Waals surface area contributed by atoms with Crippen LogP contribution in [0.1, 0.15) is 19.2 Å². The Labute approximate surface area is 82.4 Å². The van der Waals surface area contributed by atoms with Crippen molar-refractivity contribution in [2.24, 2.45) is 0 Å². The van der Waals surface area contributed by atoms with Gasteiger partial charge in [0.2, 0.25) is 5.13 Å². The van der Waals surface area contributed by atoms with Gasteiger partial charge in [-0.25, -0.2) is 4.98 Å². The Morgan fingerprint density at radius 1 is 1.46 bits per heavy atom. The second-order valence-electron chi connectivity index (χ2n) is 2.83. The van der Waals surface area contributed by atoms with Gasteiger partial charge in [-0.2, -0.15) is 4.37 Å². The van der Waals surface area contributed by atoms with Crippen molar-refractivity contribution in [3.05, 3.63) is 5.82 Å². The first-order valence-electron chi connectivity index (χ1n) is 4.44. The largest absolute Gasteiger partial charge is 0.395 e. The number of hydrogen-bond acceptors (Lipinski definition) is 5. The molecule has 1 aromatic heterocycles. The Kier molecular flexibility index (Phi) is 4.11. The summed E-state index contributed by atoms with van der Waals surface area (Å²) in [6, 6.07) is 0. The molecule has 4 nitrogen and oxygen atoms in total. The van der Waals surface area contributed by atoms with E-state index in [0.717, 1.165) is 23.9 Å². The number of anilines is 1. The van der Waals surface area contributed by atoms with Crippen LogP contribution in [0.3, 0.4) is 0 Å². The maximum Gasteiger partial charge on any atom is 0.205 e. The quantitative estimate of drug-likeness (QED) is 0.773. The van der Waals surface area contributed by atoms with Crippen LogP contribution in [0.2, 0.25) is 0 Å². The normalized spacial score (nSPS) is 10.4. The molecule has 0 aromatic carbocycles. The zero-order valence-corrected chi connectivity index (χ0v) is 8.84. The molecule has 0 spiro atoms. The van der Waals surface area contributed by atoms with Gasteiger partial charge in [0.1, 0.15) is 5.82 Å². The first-order valence-corrected chi connectivity index (χ1v) is 5.21. The summed E-state index contributed by atoms with van der Waals surface area (Å²) in [7, 11) is 0. The second kappa shape index (κ2) is 5.14. The van der Waals surface area contributed by atoms with Crippen molar-refractivity contribution in [1.82, 2.24) is 9.36 Å². The summed E-state index contributed by atoms with van der Waals surface area (Å²) in [5.74, 6) is 0.805. The number of hydrogen-bond donors (Lipinski definition) is 1. The molecular formula is C8H15N3OS. The van der Waals surface area contributed by atoms with Gasteiger partial charge < -0.3 is 10.0 Å². The van der Waals surface area contributed by atoms with E-state index in [0.29, 0.717) is 6.54 Å². The minimum absolute atomic E-state index is 0.165. The summed E-state index contributed by atoms with van der Waals surface area (Å²) in [5.41, 5.74) is 0. The van der Waals surface area contributed by atoms with Crippen LogP contribution >= 0.6 is 11.5 Å². The number of aryl methyl sites for hydroxylation is 1. The van der Waals surface area contributed by atoms with Crippen LogP contribution in [0.4, 0.5) is 5.13 Å². The molecule has 0 atom stereocenters. The van der Waals surface area contributed by atoms with E-state index in [1.807, 2.05) is 6.92 Å². The van der Waals surface area contributed by atoms with Gasteiger partial charge >= 0.3 is 0 Å². The molecule has 0 aliphatic carbocycles. The van der Waals surface area contributed by atoms with E-state index in [1.165, 1.54) is 11.5 Å². The summed E-state index contributed by atoms with van der Waals surface area (Å²) >= 11 is 1.39. The van der Waals surface area contributed by atoms with Crippen LogP contribution in [0.25, 0.3) is 0 Å². The van der Waals surface area contributed by atoms with Crippen LogP contribution < -0.4 is 4.90 Å². The van der Waals surface area contributed by atoms with Crippen molar-refractivity contribution in [3.8, 4) is 0 Å². The number of aromatic nitrogens is 2. The highest BCUT2D eigenvalue weighted by Gasteiger charge is 2.08. The molecule has 0 unspecified atom stereocenters. The van der Waals surface area contributed by atoms with E-state index in [4.69, 9.17) is 5.11 Å². The van der Waals surface area contributed by atoms with Crippen LogP contribution in [0, 0.1) is 6.92 Å². The monoisotopic (exact) mass is 201 g/mol. The Morgan fingerprint density at radius 3 is 2.69 bits per heavy atom. The molecule has 0 aliphatic rings. The third-order valence-corrected chi connectivity index (χ3v) is 2.52. The lowest BCUT2D eigenvalue weighted by molar-refractivity contribution is 0.302. The van der Waals surface area contributed by atoms with E-state index >= 15 is 0 Å². The summed E-state index contributed by atoms with van der Waals surface area (Å²) < 4.78 is 4.11. The summed E-state index contributed by atoms with van der Waals surface area (Å²) in [6.07, 6.45) is 1.05. The molecule has 0 radical (unpaired) electrons. The van der Waals surface area contributed by atoms with Crippen LogP contribution in [0.15, 0.2) is 0 Å². The molecule has 1 rings (SSSR count). The predicted octanol–water partition coefficient (Wildman–Crippen LogP) is 1.06. The first kappa shape index (κ1) is 10.4. The third-order valence-electron chi connectivity index (χ3n) is 1.65. The van der Waals surface area contributed by atoms with E-state index in [-0.39, 0.29) is 6.61 Å². The average Bonchev–Trinajstić information content (AvgIpc) is 2.51. The molecule has 5 heteroatoms.